The summed E-state index contributed by atoms with van der Waals surface area (Å²) in [6, 6.07) is 14.6. The lowest BCUT2D eigenvalue weighted by molar-refractivity contribution is -0.135. The highest BCUT2D eigenvalue weighted by molar-refractivity contribution is 6.00. The molecule has 71 heavy (non-hydrogen) atoms. The largest absolute Gasteiger partial charge is 0.384 e. The lowest BCUT2D eigenvalue weighted by atomic mass is 9.92. The van der Waals surface area contributed by atoms with Gasteiger partial charge in [-0.2, -0.15) is 0 Å². The van der Waals surface area contributed by atoms with Crippen molar-refractivity contribution < 1.29 is 18.8 Å². The second kappa shape index (κ2) is 18.8. The second-order valence-electron chi connectivity index (χ2n) is 20.4. The molecule has 3 saturated heterocycles. The Balaban J connectivity index is 0.669. The van der Waals surface area contributed by atoms with Crippen LogP contribution in [0.1, 0.15) is 89.4 Å². The molecule has 1 unspecified atom stereocenters. The molecular weight excluding hydrogens is 902 g/mol. The number of imidazole rings is 1. The molecular formula is C54H62FN11O5. The van der Waals surface area contributed by atoms with Crippen LogP contribution in [0.15, 0.2) is 76.6 Å². The van der Waals surface area contributed by atoms with Gasteiger partial charge in [-0.1, -0.05) is 12.1 Å². The average molecular weight is 964 g/mol. The quantitative estimate of drug-likeness (QED) is 0.173. The van der Waals surface area contributed by atoms with E-state index in [1.807, 2.05) is 61.5 Å². The molecule has 3 amide bonds. The summed E-state index contributed by atoms with van der Waals surface area (Å²) in [5.41, 5.74) is 9.47. The Hall–Kier alpha value is -6.69. The number of nitrogens with zero attached hydrogens (tertiary/aromatic N) is 9. The molecule has 17 heteroatoms. The van der Waals surface area contributed by atoms with Crippen molar-refractivity contribution in [1.82, 2.24) is 48.2 Å². The standard InChI is InChI=1S/C54H62FN11O5/c1-33-27-38(29-41(55)49(33)37-13-20-63(21-14-37)34(2)46-30-40-43(10-17-57-50(40)59(46)3)65-22-15-42-39(53(65)70)9-16-56-42)52(69)64-18-11-35(12-19-64)31-61-23-25-62(26-24-61)32-36-5-6-44-47(28-36)60(4)54(71)66(44)45-7-8-48(67)58-51(45)68/h5-6,10,13,15,17,22,27-30,34-35,45,56H,7-9,11-12,14,16,18-21,23-26,31-32H2,1-4H3,(H,58,67,68)/t34-,45?/m0/s1. The van der Waals surface area contributed by atoms with Crippen molar-refractivity contribution in [2.75, 3.05) is 70.8 Å². The average Bonchev–Trinajstić information content (AvgIpc) is 4.06. The number of hydrogen-bond donors (Lipinski definition) is 2. The number of piperidine rings is 2. The van der Waals surface area contributed by atoms with Crippen molar-refractivity contribution >= 4 is 51.0 Å². The van der Waals surface area contributed by atoms with Crippen LogP contribution in [-0.4, -0.2) is 126 Å². The predicted octanol–water partition coefficient (Wildman–Crippen LogP) is 5.29. The number of imide groups is 1. The molecule has 16 nitrogen and oxygen atoms in total. The van der Waals surface area contributed by atoms with Crippen LogP contribution < -0.4 is 21.9 Å². The van der Waals surface area contributed by atoms with Gasteiger partial charge in [0.15, 0.2) is 0 Å². The first-order valence-corrected chi connectivity index (χ1v) is 25.3. The minimum Gasteiger partial charge on any atom is -0.384 e. The molecule has 0 spiro atoms. The summed E-state index contributed by atoms with van der Waals surface area (Å²) in [5, 5.41) is 6.59. The van der Waals surface area contributed by atoms with E-state index in [-0.39, 0.29) is 41.3 Å². The van der Waals surface area contributed by atoms with E-state index in [1.54, 1.807) is 22.4 Å². The fraction of sp³-hybridized carbons (Fsp3) is 0.444. The zero-order valence-electron chi connectivity index (χ0n) is 41.0. The molecule has 0 bridgehead atoms. The summed E-state index contributed by atoms with van der Waals surface area (Å²) in [7, 11) is 3.74. The van der Waals surface area contributed by atoms with Crippen LogP contribution in [-0.2, 0) is 36.6 Å². The number of piperazine rings is 1. The first-order valence-electron chi connectivity index (χ1n) is 25.3. The number of amides is 3. The number of benzene rings is 2. The van der Waals surface area contributed by atoms with Gasteiger partial charge >= 0.3 is 5.69 Å². The number of halogens is 1. The highest BCUT2D eigenvalue weighted by Crippen LogP contribution is 2.35. The van der Waals surface area contributed by atoms with Gasteiger partial charge in [-0.25, -0.2) is 14.2 Å². The van der Waals surface area contributed by atoms with Gasteiger partial charge in [0, 0.05) is 144 Å². The Bertz CT molecular complexity index is 3250. The molecule has 5 aliphatic heterocycles. The molecule has 0 saturated carbocycles. The summed E-state index contributed by atoms with van der Waals surface area (Å²) in [6.07, 6.45) is 9.45. The number of anilines is 1. The predicted molar refractivity (Wildman–Crippen MR) is 271 cm³/mol. The Kier molecular flexibility index (Phi) is 12.4. The minimum absolute atomic E-state index is 0.00276. The first kappa shape index (κ1) is 46.7. The van der Waals surface area contributed by atoms with Crippen molar-refractivity contribution in [1.29, 1.82) is 0 Å². The van der Waals surface area contributed by atoms with Gasteiger partial charge in [-0.3, -0.25) is 48.0 Å². The molecule has 5 aliphatic rings. The highest BCUT2D eigenvalue weighted by atomic mass is 19.1. The molecule has 4 aromatic heterocycles. The summed E-state index contributed by atoms with van der Waals surface area (Å²) < 4.78 is 23.1. The number of aryl methyl sites for hydroxylation is 3. The van der Waals surface area contributed by atoms with Gasteiger partial charge in [-0.15, -0.1) is 0 Å². The Labute approximate surface area is 411 Å². The minimum atomic E-state index is -0.703. The molecule has 0 radical (unpaired) electrons. The van der Waals surface area contributed by atoms with Gasteiger partial charge < -0.3 is 19.7 Å². The number of fused-ring (bicyclic) bond motifs is 3. The maximum Gasteiger partial charge on any atom is 0.329 e. The third-order valence-electron chi connectivity index (χ3n) is 16.1. The van der Waals surface area contributed by atoms with Gasteiger partial charge in [0.1, 0.15) is 17.5 Å². The number of carbonyl (C=O) groups is 3. The third-order valence-corrected chi connectivity index (χ3v) is 16.1. The molecule has 6 aromatic rings. The maximum absolute atomic E-state index is 16.1. The number of likely N-dealkylation sites (tertiary alicyclic amines) is 1. The fourth-order valence-corrected chi connectivity index (χ4v) is 12.0. The molecule has 9 heterocycles. The van der Waals surface area contributed by atoms with Crippen molar-refractivity contribution in [3.63, 3.8) is 0 Å². The Morgan fingerprint density at radius 1 is 0.859 bits per heavy atom. The molecule has 2 atom stereocenters. The number of rotatable bonds is 10. The van der Waals surface area contributed by atoms with E-state index in [0.717, 1.165) is 121 Å². The van der Waals surface area contributed by atoms with Gasteiger partial charge in [0.2, 0.25) is 11.8 Å². The van der Waals surface area contributed by atoms with Crippen molar-refractivity contribution in [2.24, 2.45) is 20.0 Å². The number of nitrogens with one attached hydrogen (secondary N) is 2. The molecule has 370 valence electrons. The smallest absolute Gasteiger partial charge is 0.329 e. The van der Waals surface area contributed by atoms with E-state index >= 15 is 4.39 Å². The summed E-state index contributed by atoms with van der Waals surface area (Å²) in [5.74, 6) is -0.720. The van der Waals surface area contributed by atoms with E-state index in [0.29, 0.717) is 61.5 Å². The van der Waals surface area contributed by atoms with Gasteiger partial charge in [0.25, 0.3) is 11.5 Å². The molecule has 3 fully saturated rings. The van der Waals surface area contributed by atoms with Crippen molar-refractivity contribution in [3.05, 3.63) is 127 Å². The number of carbonyl (C=O) groups excluding carboxylic acids is 3. The van der Waals surface area contributed by atoms with Crippen LogP contribution >= 0.6 is 0 Å². The van der Waals surface area contributed by atoms with E-state index in [2.05, 4.69) is 49.0 Å². The zero-order chi connectivity index (χ0) is 49.2. The van der Waals surface area contributed by atoms with Crippen LogP contribution in [0, 0.1) is 18.7 Å². The summed E-state index contributed by atoms with van der Waals surface area (Å²) in [6.45, 7) is 13.0. The van der Waals surface area contributed by atoms with Crippen molar-refractivity contribution in [3.8, 4) is 5.69 Å². The van der Waals surface area contributed by atoms with Crippen LogP contribution in [0.4, 0.5) is 10.1 Å². The second-order valence-corrected chi connectivity index (χ2v) is 20.4. The normalized spacial score (nSPS) is 20.1. The van der Waals surface area contributed by atoms with Gasteiger partial charge in [-0.05, 0) is 111 Å². The monoisotopic (exact) mass is 963 g/mol. The van der Waals surface area contributed by atoms with Crippen LogP contribution in [0.2, 0.25) is 0 Å². The van der Waals surface area contributed by atoms with Gasteiger partial charge in [0.05, 0.1) is 16.7 Å². The highest BCUT2D eigenvalue weighted by Gasteiger charge is 2.33. The Morgan fingerprint density at radius 2 is 1.65 bits per heavy atom. The fourth-order valence-electron chi connectivity index (χ4n) is 12.0. The van der Waals surface area contributed by atoms with Crippen LogP contribution in [0.3, 0.4) is 0 Å². The maximum atomic E-state index is 16.1. The van der Waals surface area contributed by atoms with E-state index in [9.17, 15) is 24.0 Å². The molecule has 0 aliphatic carbocycles. The van der Waals surface area contributed by atoms with Crippen molar-refractivity contribution in [2.45, 2.75) is 71.0 Å². The number of hydrogen-bond acceptors (Lipinski definition) is 10. The number of pyridine rings is 2. The zero-order valence-corrected chi connectivity index (χ0v) is 41.0. The van der Waals surface area contributed by atoms with E-state index in [1.165, 1.54) is 10.6 Å². The molecule has 2 aromatic carbocycles. The topological polar surface area (TPSA) is 155 Å². The number of aromatic nitrogens is 5. The van der Waals surface area contributed by atoms with Crippen LogP contribution in [0.25, 0.3) is 33.3 Å². The van der Waals surface area contributed by atoms with E-state index < -0.39 is 11.9 Å². The summed E-state index contributed by atoms with van der Waals surface area (Å²) in [4.78, 5) is 78.9. The molecule has 11 rings (SSSR count). The first-order chi connectivity index (χ1) is 34.3. The lowest BCUT2D eigenvalue weighted by Crippen LogP contribution is -2.48. The summed E-state index contributed by atoms with van der Waals surface area (Å²) >= 11 is 0. The Morgan fingerprint density at radius 3 is 2.39 bits per heavy atom. The lowest BCUT2D eigenvalue weighted by Gasteiger charge is -2.39. The third kappa shape index (κ3) is 8.60. The SMILES string of the molecule is Cc1cc(C(=O)N2CCC(CN3CCN(Cc4ccc5c(c4)n(C)c(=O)n5C4CCC(=O)NC4=O)CC3)CC2)cc(F)c1C1=CCN([C@@H](C)c2cc3c(-n4ccc5c(c4=O)CCN5)ccnc3n2C)CC1. The molecule has 2 N–H and O–H groups in total. The van der Waals surface area contributed by atoms with E-state index in [4.69, 9.17) is 4.98 Å². The van der Waals surface area contributed by atoms with Crippen LogP contribution in [0.5, 0.6) is 0 Å².